The van der Waals surface area contributed by atoms with E-state index in [1.165, 1.54) is 5.57 Å². The number of carboxylic acid groups (broad SMARTS) is 1. The maximum absolute atomic E-state index is 12.7. The maximum atomic E-state index is 12.7. The fourth-order valence-electron chi connectivity index (χ4n) is 9.07. The second-order valence-corrected chi connectivity index (χ2v) is 14.4. The molecule has 0 aromatic heterocycles. The first-order valence-corrected chi connectivity index (χ1v) is 15.2. The molecule has 5 rings (SSSR count). The lowest BCUT2D eigenvalue weighted by molar-refractivity contribution is -0.139. The summed E-state index contributed by atoms with van der Waals surface area (Å²) in [6, 6.07) is -0.474. The number of nitrogens with zero attached hydrogens (tertiary/aromatic N) is 1. The van der Waals surface area contributed by atoms with Crippen LogP contribution in [-0.2, 0) is 19.2 Å². The molecule has 8 heteroatoms. The summed E-state index contributed by atoms with van der Waals surface area (Å²) >= 11 is 0. The van der Waals surface area contributed by atoms with Gasteiger partial charge in [0.1, 0.15) is 5.71 Å². The number of oxime groups is 1. The summed E-state index contributed by atoms with van der Waals surface area (Å²) in [4.78, 5) is 29.6. The van der Waals surface area contributed by atoms with Gasteiger partial charge in [-0.05, 0) is 113 Å². The normalized spacial score (nSPS) is 41.8. The van der Waals surface area contributed by atoms with Crippen molar-refractivity contribution in [1.29, 1.82) is 0 Å². The number of fused-ring (bicyclic) bond motifs is 5. The van der Waals surface area contributed by atoms with Gasteiger partial charge in [-0.15, -0.1) is 0 Å². The average Bonchev–Trinajstić information content (AvgIpc) is 3.11. The van der Waals surface area contributed by atoms with E-state index in [0.29, 0.717) is 42.9 Å². The van der Waals surface area contributed by atoms with E-state index in [1.807, 2.05) is 26.8 Å². The van der Waals surface area contributed by atoms with Gasteiger partial charge in [0.2, 0.25) is 0 Å². The Bertz CT molecular complexity index is 1110. The molecule has 0 radical (unpaired) electrons. The van der Waals surface area contributed by atoms with Crippen molar-refractivity contribution in [2.24, 2.45) is 39.7 Å². The summed E-state index contributed by atoms with van der Waals surface area (Å²) < 4.78 is 5.77. The minimum absolute atomic E-state index is 0.00952. The lowest BCUT2D eigenvalue weighted by Gasteiger charge is -2.58. The molecule has 4 fully saturated rings. The Balaban J connectivity index is 1.19. The summed E-state index contributed by atoms with van der Waals surface area (Å²) in [5.41, 5.74) is 1.17. The molecule has 1 heterocycles. The fraction of sp³-hybridized carbons (Fsp3) is 0.781. The number of hydrogen-bond acceptors (Lipinski definition) is 6. The standard InChI is InChI=1S/C32H48N2O6/c1-29(2)18-20(11-15-39-29)26(17-28(36)37)33-27(35)19-40-34-22-8-12-30(3)21(16-22)6-7-23-24(30)9-13-31(4)25(23)10-14-32(31,5)38/h8,12,16,20,23-26,38H,6-7,9-11,13-15,17-19H2,1-5H3,(H,33,35)(H,36,37)/t20-,23-,24+,25+,26+,30+,31+,32+/m1/s1. The molecule has 8 atom stereocenters. The Labute approximate surface area is 238 Å². The molecule has 222 valence electrons. The first-order valence-electron chi connectivity index (χ1n) is 15.2. The van der Waals surface area contributed by atoms with Crippen LogP contribution in [0.3, 0.4) is 0 Å². The Kier molecular flexibility index (Phi) is 7.75. The predicted molar refractivity (Wildman–Crippen MR) is 153 cm³/mol. The van der Waals surface area contributed by atoms with Crippen LogP contribution < -0.4 is 5.32 Å². The number of ether oxygens (including phenoxy) is 1. The number of nitrogens with one attached hydrogen (secondary N) is 1. The number of hydrogen-bond donors (Lipinski definition) is 3. The van der Waals surface area contributed by atoms with Gasteiger partial charge >= 0.3 is 5.97 Å². The molecule has 5 aliphatic rings. The number of rotatable bonds is 7. The minimum atomic E-state index is -0.937. The van der Waals surface area contributed by atoms with Crippen molar-refractivity contribution in [3.63, 3.8) is 0 Å². The van der Waals surface area contributed by atoms with Gasteiger partial charge < -0.3 is 25.1 Å². The third-order valence-electron chi connectivity index (χ3n) is 11.5. The second kappa shape index (κ2) is 10.6. The van der Waals surface area contributed by atoms with Crippen LogP contribution >= 0.6 is 0 Å². The Morgan fingerprint density at radius 1 is 1.12 bits per heavy atom. The van der Waals surface area contributed by atoms with E-state index in [4.69, 9.17) is 9.57 Å². The van der Waals surface area contributed by atoms with Gasteiger partial charge in [-0.1, -0.05) is 30.7 Å². The number of aliphatic carboxylic acids is 1. The van der Waals surface area contributed by atoms with Gasteiger partial charge in [-0.2, -0.15) is 0 Å². The second-order valence-electron chi connectivity index (χ2n) is 14.4. The summed E-state index contributed by atoms with van der Waals surface area (Å²) in [5, 5.41) is 27.7. The minimum Gasteiger partial charge on any atom is -0.481 e. The van der Waals surface area contributed by atoms with Crippen LogP contribution in [0.1, 0.15) is 92.4 Å². The highest BCUT2D eigenvalue weighted by Gasteiger charge is 2.62. The van der Waals surface area contributed by atoms with E-state index < -0.39 is 17.6 Å². The first-order chi connectivity index (χ1) is 18.7. The largest absolute Gasteiger partial charge is 0.481 e. The molecule has 4 aliphatic carbocycles. The molecular formula is C32H48N2O6. The van der Waals surface area contributed by atoms with E-state index in [-0.39, 0.29) is 41.3 Å². The van der Waals surface area contributed by atoms with Crippen LogP contribution in [0.5, 0.6) is 0 Å². The lowest BCUT2D eigenvalue weighted by atomic mass is 9.47. The van der Waals surface area contributed by atoms with E-state index in [9.17, 15) is 19.8 Å². The van der Waals surface area contributed by atoms with Gasteiger partial charge in [0.05, 0.1) is 17.6 Å². The highest BCUT2D eigenvalue weighted by atomic mass is 16.6. The monoisotopic (exact) mass is 556 g/mol. The Morgan fingerprint density at radius 3 is 2.60 bits per heavy atom. The SMILES string of the molecule is CC1(C)C[C@H]([C@H](CC(=O)O)NC(=O)CON=C2C=C[C@@]3(C)C(=C2)CC[C@@H]2[C@@H]3CC[C@@]3(C)[C@H]2CC[C@]3(C)O)CCO1. The average molecular weight is 557 g/mol. The number of carbonyl (C=O) groups excluding carboxylic acids is 1. The van der Waals surface area contributed by atoms with E-state index in [2.05, 4.69) is 36.5 Å². The van der Waals surface area contributed by atoms with Gasteiger partial charge in [-0.25, -0.2) is 0 Å². The highest BCUT2D eigenvalue weighted by Crippen LogP contribution is 2.66. The van der Waals surface area contributed by atoms with E-state index >= 15 is 0 Å². The summed E-state index contributed by atoms with van der Waals surface area (Å²) in [6.45, 7) is 11.0. The van der Waals surface area contributed by atoms with Crippen molar-refractivity contribution in [2.75, 3.05) is 13.2 Å². The number of aliphatic hydroxyl groups is 1. The molecular weight excluding hydrogens is 508 g/mol. The molecule has 3 N–H and O–H groups in total. The number of carboxylic acids is 1. The van der Waals surface area contributed by atoms with Crippen LogP contribution in [0.15, 0.2) is 29.0 Å². The van der Waals surface area contributed by atoms with Crippen molar-refractivity contribution in [3.05, 3.63) is 23.8 Å². The van der Waals surface area contributed by atoms with Crippen molar-refractivity contribution < 1.29 is 29.4 Å². The topological polar surface area (TPSA) is 117 Å². The van der Waals surface area contributed by atoms with Crippen molar-refractivity contribution in [1.82, 2.24) is 5.32 Å². The zero-order valence-electron chi connectivity index (χ0n) is 24.9. The van der Waals surface area contributed by atoms with Crippen LogP contribution in [0.2, 0.25) is 0 Å². The molecule has 3 saturated carbocycles. The Hall–Kier alpha value is -2.19. The molecule has 0 spiro atoms. The summed E-state index contributed by atoms with van der Waals surface area (Å²) in [6.07, 6.45) is 14.0. The van der Waals surface area contributed by atoms with Crippen LogP contribution in [0.4, 0.5) is 0 Å². The van der Waals surface area contributed by atoms with E-state index in [1.54, 1.807) is 0 Å². The van der Waals surface area contributed by atoms with Crippen molar-refractivity contribution >= 4 is 17.6 Å². The fourth-order valence-corrected chi connectivity index (χ4v) is 9.07. The third-order valence-corrected chi connectivity index (χ3v) is 11.5. The lowest BCUT2D eigenvalue weighted by Crippen LogP contribution is -2.53. The predicted octanol–water partition coefficient (Wildman–Crippen LogP) is 5.01. The van der Waals surface area contributed by atoms with Gasteiger partial charge in [0.15, 0.2) is 6.61 Å². The zero-order valence-corrected chi connectivity index (χ0v) is 24.9. The number of allylic oxidation sites excluding steroid dienone is 4. The van der Waals surface area contributed by atoms with Crippen LogP contribution in [0.25, 0.3) is 0 Å². The highest BCUT2D eigenvalue weighted by molar-refractivity contribution is 6.05. The quantitative estimate of drug-likeness (QED) is 0.380. The summed E-state index contributed by atoms with van der Waals surface area (Å²) in [5.74, 6) is 0.483. The molecule has 0 aromatic rings. The van der Waals surface area contributed by atoms with Gasteiger partial charge in [0.25, 0.3) is 5.91 Å². The summed E-state index contributed by atoms with van der Waals surface area (Å²) in [7, 11) is 0. The smallest absolute Gasteiger partial charge is 0.305 e. The molecule has 0 unspecified atom stereocenters. The number of amides is 1. The molecule has 40 heavy (non-hydrogen) atoms. The zero-order chi connectivity index (χ0) is 28.9. The number of carbonyl (C=O) groups is 2. The van der Waals surface area contributed by atoms with Crippen LogP contribution in [-0.4, -0.2) is 58.3 Å². The van der Waals surface area contributed by atoms with Crippen LogP contribution in [0, 0.1) is 34.5 Å². The Morgan fingerprint density at radius 2 is 1.88 bits per heavy atom. The molecule has 8 nitrogen and oxygen atoms in total. The molecule has 1 saturated heterocycles. The van der Waals surface area contributed by atoms with Crippen molar-refractivity contribution in [3.8, 4) is 0 Å². The van der Waals surface area contributed by atoms with Gasteiger partial charge in [0, 0.05) is 18.1 Å². The van der Waals surface area contributed by atoms with Crippen molar-refractivity contribution in [2.45, 2.75) is 110 Å². The molecule has 0 bridgehead atoms. The van der Waals surface area contributed by atoms with Gasteiger partial charge in [-0.3, -0.25) is 9.59 Å². The molecule has 0 aromatic carbocycles. The maximum Gasteiger partial charge on any atom is 0.305 e. The molecule has 1 aliphatic heterocycles. The first kappa shape index (κ1) is 29.3. The third kappa shape index (κ3) is 5.38. The molecule has 1 amide bonds. The van der Waals surface area contributed by atoms with E-state index in [0.717, 1.165) is 38.5 Å².